The van der Waals surface area contributed by atoms with Crippen LogP contribution in [0.15, 0.2) is 47.5 Å². The lowest BCUT2D eigenvalue weighted by molar-refractivity contribution is 0.398. The molecule has 0 saturated carbocycles. The summed E-state index contributed by atoms with van der Waals surface area (Å²) in [7, 11) is 5.12. The first-order chi connectivity index (χ1) is 12.2. The minimum atomic E-state index is 0. The normalized spacial score (nSPS) is 10.7. The van der Waals surface area contributed by atoms with E-state index in [1.807, 2.05) is 18.2 Å². The van der Waals surface area contributed by atoms with Gasteiger partial charge in [0.25, 0.3) is 0 Å². The highest BCUT2D eigenvalue weighted by atomic mass is 127. The fraction of sp³-hybridized carbons (Fsp3) is 0.350. The van der Waals surface area contributed by atoms with E-state index >= 15 is 0 Å². The van der Waals surface area contributed by atoms with Crippen LogP contribution >= 0.6 is 24.0 Å². The Morgan fingerprint density at radius 1 is 1.00 bits per heavy atom. The Labute approximate surface area is 173 Å². The molecule has 142 valence electrons. The van der Waals surface area contributed by atoms with Gasteiger partial charge in [-0.15, -0.1) is 24.0 Å². The highest BCUT2D eigenvalue weighted by Crippen LogP contribution is 2.24. The molecule has 0 aliphatic rings. The maximum absolute atomic E-state index is 5.41. The average Bonchev–Trinajstić information content (AvgIpc) is 2.65. The van der Waals surface area contributed by atoms with E-state index in [2.05, 4.69) is 46.8 Å². The number of aliphatic imine (C=N–C) groups is 1. The molecule has 5 nitrogen and oxygen atoms in total. The lowest BCUT2D eigenvalue weighted by atomic mass is 10.1. The van der Waals surface area contributed by atoms with Gasteiger partial charge in [0, 0.05) is 20.1 Å². The summed E-state index contributed by atoms with van der Waals surface area (Å²) in [5.41, 5.74) is 3.59. The Morgan fingerprint density at radius 2 is 1.73 bits per heavy atom. The molecular weight excluding hydrogens is 441 g/mol. The molecule has 0 radical (unpaired) electrons. The Kier molecular flexibility index (Phi) is 9.87. The van der Waals surface area contributed by atoms with E-state index in [-0.39, 0.29) is 24.0 Å². The molecule has 2 aromatic rings. The first-order valence-electron chi connectivity index (χ1n) is 8.37. The highest BCUT2D eigenvalue weighted by Gasteiger charge is 2.06. The van der Waals surface area contributed by atoms with E-state index in [0.29, 0.717) is 0 Å². The van der Waals surface area contributed by atoms with E-state index in [9.17, 15) is 0 Å². The van der Waals surface area contributed by atoms with Crippen LogP contribution in [0.4, 0.5) is 0 Å². The first-order valence-corrected chi connectivity index (χ1v) is 8.37. The first kappa shape index (κ1) is 22.1. The quantitative estimate of drug-likeness (QED) is 0.370. The third-order valence-electron chi connectivity index (χ3n) is 3.98. The van der Waals surface area contributed by atoms with Crippen LogP contribution in [0.25, 0.3) is 0 Å². The van der Waals surface area contributed by atoms with Gasteiger partial charge >= 0.3 is 0 Å². The zero-order chi connectivity index (χ0) is 18.1. The number of hydrogen-bond donors (Lipinski definition) is 2. The van der Waals surface area contributed by atoms with Crippen molar-refractivity contribution >= 4 is 29.9 Å². The Bertz CT molecular complexity index is 703. The third-order valence-corrected chi connectivity index (χ3v) is 3.98. The standard InChI is InChI=1S/C20H27N3O2.HI/c1-15-5-7-16(8-6-15)14-23-20(21-2)22-12-11-17-13-18(24-3)9-10-19(17)25-4;/h5-10,13H,11-12,14H2,1-4H3,(H2,21,22,23);1H. The second kappa shape index (κ2) is 11.6. The van der Waals surface area contributed by atoms with Crippen LogP contribution in [-0.4, -0.2) is 33.8 Å². The van der Waals surface area contributed by atoms with Crippen molar-refractivity contribution in [3.05, 3.63) is 59.2 Å². The van der Waals surface area contributed by atoms with Gasteiger partial charge in [0.1, 0.15) is 11.5 Å². The molecule has 0 spiro atoms. The van der Waals surface area contributed by atoms with Crippen LogP contribution in [0.1, 0.15) is 16.7 Å². The minimum absolute atomic E-state index is 0. The van der Waals surface area contributed by atoms with Crippen molar-refractivity contribution < 1.29 is 9.47 Å². The average molecular weight is 469 g/mol. The molecule has 0 aliphatic heterocycles. The summed E-state index contributed by atoms with van der Waals surface area (Å²) in [5, 5.41) is 6.66. The number of nitrogens with zero attached hydrogens (tertiary/aromatic N) is 1. The van der Waals surface area contributed by atoms with Crippen LogP contribution in [0.3, 0.4) is 0 Å². The molecule has 2 rings (SSSR count). The lowest BCUT2D eigenvalue weighted by Crippen LogP contribution is -2.37. The molecule has 0 aromatic heterocycles. The molecule has 2 N–H and O–H groups in total. The molecule has 0 atom stereocenters. The van der Waals surface area contributed by atoms with E-state index in [1.54, 1.807) is 21.3 Å². The van der Waals surface area contributed by atoms with Gasteiger partial charge in [-0.25, -0.2) is 0 Å². The number of ether oxygens (including phenoxy) is 2. The summed E-state index contributed by atoms with van der Waals surface area (Å²) >= 11 is 0. The number of hydrogen-bond acceptors (Lipinski definition) is 3. The van der Waals surface area contributed by atoms with Crippen molar-refractivity contribution in [1.82, 2.24) is 10.6 Å². The molecule has 0 unspecified atom stereocenters. The third kappa shape index (κ3) is 6.74. The predicted molar refractivity (Wildman–Crippen MR) is 118 cm³/mol. The number of benzene rings is 2. The predicted octanol–water partition coefficient (Wildman–Crippen LogP) is 3.54. The Hall–Kier alpha value is -1.96. The van der Waals surface area contributed by atoms with Crippen molar-refractivity contribution in [2.24, 2.45) is 4.99 Å². The van der Waals surface area contributed by atoms with Gasteiger partial charge in [-0.05, 0) is 42.7 Å². The minimum Gasteiger partial charge on any atom is -0.497 e. The van der Waals surface area contributed by atoms with Crippen molar-refractivity contribution in [2.75, 3.05) is 27.8 Å². The number of methoxy groups -OCH3 is 2. The van der Waals surface area contributed by atoms with Gasteiger partial charge in [0.15, 0.2) is 5.96 Å². The van der Waals surface area contributed by atoms with Gasteiger partial charge in [0.05, 0.1) is 14.2 Å². The zero-order valence-electron chi connectivity index (χ0n) is 15.8. The van der Waals surface area contributed by atoms with Gasteiger partial charge < -0.3 is 20.1 Å². The van der Waals surface area contributed by atoms with Crippen molar-refractivity contribution in [3.63, 3.8) is 0 Å². The Morgan fingerprint density at radius 3 is 2.35 bits per heavy atom. The lowest BCUT2D eigenvalue weighted by Gasteiger charge is -2.14. The summed E-state index contributed by atoms with van der Waals surface area (Å²) in [6.07, 6.45) is 0.811. The van der Waals surface area contributed by atoms with Gasteiger partial charge in [-0.2, -0.15) is 0 Å². The van der Waals surface area contributed by atoms with Crippen LogP contribution in [-0.2, 0) is 13.0 Å². The van der Waals surface area contributed by atoms with Gasteiger partial charge in [-0.3, -0.25) is 4.99 Å². The summed E-state index contributed by atoms with van der Waals surface area (Å²) in [6, 6.07) is 14.3. The molecule has 26 heavy (non-hydrogen) atoms. The molecule has 0 amide bonds. The number of rotatable bonds is 7. The SMILES string of the molecule is CN=C(NCCc1cc(OC)ccc1OC)NCc1ccc(C)cc1.I. The molecule has 0 saturated heterocycles. The monoisotopic (exact) mass is 469 g/mol. The largest absolute Gasteiger partial charge is 0.497 e. The number of halogens is 1. The maximum Gasteiger partial charge on any atom is 0.191 e. The van der Waals surface area contributed by atoms with E-state index in [4.69, 9.17) is 9.47 Å². The summed E-state index contributed by atoms with van der Waals surface area (Å²) in [5.74, 6) is 2.48. The van der Waals surface area contributed by atoms with Crippen LogP contribution in [0, 0.1) is 6.92 Å². The fourth-order valence-corrected chi connectivity index (χ4v) is 2.51. The fourth-order valence-electron chi connectivity index (χ4n) is 2.51. The molecule has 0 aliphatic carbocycles. The number of nitrogens with one attached hydrogen (secondary N) is 2. The smallest absolute Gasteiger partial charge is 0.191 e. The van der Waals surface area contributed by atoms with Crippen molar-refractivity contribution in [2.45, 2.75) is 19.9 Å². The summed E-state index contributed by atoms with van der Waals surface area (Å²) < 4.78 is 10.7. The van der Waals surface area contributed by atoms with E-state index in [1.165, 1.54) is 11.1 Å². The molecule has 2 aromatic carbocycles. The molecule has 0 fully saturated rings. The molecule has 0 bridgehead atoms. The molecule has 6 heteroatoms. The van der Waals surface area contributed by atoms with Crippen molar-refractivity contribution in [3.8, 4) is 11.5 Å². The van der Waals surface area contributed by atoms with Gasteiger partial charge in [0.2, 0.25) is 0 Å². The number of guanidine groups is 1. The van der Waals surface area contributed by atoms with Crippen LogP contribution in [0.2, 0.25) is 0 Å². The number of aryl methyl sites for hydroxylation is 1. The van der Waals surface area contributed by atoms with E-state index < -0.39 is 0 Å². The summed E-state index contributed by atoms with van der Waals surface area (Å²) in [6.45, 7) is 3.57. The second-order valence-corrected chi connectivity index (χ2v) is 5.77. The second-order valence-electron chi connectivity index (χ2n) is 5.77. The molecule has 0 heterocycles. The van der Waals surface area contributed by atoms with Gasteiger partial charge in [-0.1, -0.05) is 29.8 Å². The summed E-state index contributed by atoms with van der Waals surface area (Å²) in [4.78, 5) is 4.27. The van der Waals surface area contributed by atoms with Crippen molar-refractivity contribution in [1.29, 1.82) is 0 Å². The van der Waals surface area contributed by atoms with Crippen LogP contribution < -0.4 is 20.1 Å². The maximum atomic E-state index is 5.41. The topological polar surface area (TPSA) is 54.9 Å². The van der Waals surface area contributed by atoms with E-state index in [0.717, 1.165) is 42.5 Å². The zero-order valence-corrected chi connectivity index (χ0v) is 18.2. The Balaban J connectivity index is 0.00000338. The molecular formula is C20H28IN3O2. The van der Waals surface area contributed by atoms with Crippen LogP contribution in [0.5, 0.6) is 11.5 Å². The highest BCUT2D eigenvalue weighted by molar-refractivity contribution is 14.0.